The molecule has 0 amide bonds. The average molecular weight is 528 g/mol. The molecule has 1 unspecified atom stereocenters. The number of hydrogen-bond acceptors (Lipinski definition) is 7. The first-order valence-electron chi connectivity index (χ1n) is 13.1. The Balaban J connectivity index is 1.32. The molecule has 1 aromatic heterocycles. The maximum absolute atomic E-state index is 13.6. The van der Waals surface area contributed by atoms with Crippen molar-refractivity contribution in [3.63, 3.8) is 0 Å². The predicted molar refractivity (Wildman–Crippen MR) is 142 cm³/mol. The monoisotopic (exact) mass is 527 g/mol. The number of aliphatic hydroxyl groups is 1. The van der Waals surface area contributed by atoms with E-state index < -0.39 is 5.60 Å². The van der Waals surface area contributed by atoms with Crippen LogP contribution in [-0.2, 0) is 24.2 Å². The van der Waals surface area contributed by atoms with Crippen molar-refractivity contribution in [1.29, 1.82) is 0 Å². The summed E-state index contributed by atoms with van der Waals surface area (Å²) in [6.07, 6.45) is 5.60. The molecule has 4 rings (SSSR count). The topological polar surface area (TPSA) is 78.2 Å². The first-order valence-corrected chi connectivity index (χ1v) is 13.1. The summed E-state index contributed by atoms with van der Waals surface area (Å²) in [6, 6.07) is 10.5. The van der Waals surface area contributed by atoms with Crippen LogP contribution in [0, 0.1) is 12.7 Å². The van der Waals surface area contributed by atoms with Crippen LogP contribution in [0.5, 0.6) is 17.2 Å². The highest BCUT2D eigenvalue weighted by atomic mass is 19.1. The summed E-state index contributed by atoms with van der Waals surface area (Å²) >= 11 is 0. The maximum atomic E-state index is 13.6. The Morgan fingerprint density at radius 2 is 2.03 bits per heavy atom. The number of β-amino-alcohol motifs (C(OH)–C–C–N with tert-alkyl or cyclic N) is 1. The Morgan fingerprint density at radius 3 is 2.82 bits per heavy atom. The minimum absolute atomic E-state index is 0.0451. The standard InChI is InChI=1S/C29H38FN3O5/c1-4-28-31-10-12-33(28)11-5-14-37-26-9-6-23(17-27(26)35-3)18-32-13-15-36-20-29(34,19-32)21-38-24-7-8-25(30)22(2)16-24/h6-10,12,16-17,34H,4-5,11,13-15,18-21H2,1-3H3. The Morgan fingerprint density at radius 1 is 1.16 bits per heavy atom. The number of ether oxygens (including phenoxy) is 4. The normalized spacial score (nSPS) is 18.2. The molecule has 0 bridgehead atoms. The van der Waals surface area contributed by atoms with Crippen LogP contribution in [0.1, 0.15) is 30.3 Å². The molecular formula is C29H38FN3O5. The molecule has 1 atom stereocenters. The molecule has 2 aromatic carbocycles. The minimum Gasteiger partial charge on any atom is -0.493 e. The third kappa shape index (κ3) is 7.46. The predicted octanol–water partition coefficient (Wildman–Crippen LogP) is 4.01. The van der Waals surface area contributed by atoms with Crippen LogP contribution in [0.15, 0.2) is 48.8 Å². The van der Waals surface area contributed by atoms with Crippen molar-refractivity contribution in [3.8, 4) is 17.2 Å². The first-order chi connectivity index (χ1) is 18.4. The van der Waals surface area contributed by atoms with Crippen LogP contribution < -0.4 is 14.2 Å². The van der Waals surface area contributed by atoms with Gasteiger partial charge in [0, 0.05) is 45.0 Å². The van der Waals surface area contributed by atoms with E-state index in [0.717, 1.165) is 30.8 Å². The fraction of sp³-hybridized carbons (Fsp3) is 0.483. The number of halogens is 1. The van der Waals surface area contributed by atoms with E-state index in [1.165, 1.54) is 6.07 Å². The lowest BCUT2D eigenvalue weighted by molar-refractivity contribution is -0.0646. The molecule has 9 heteroatoms. The van der Waals surface area contributed by atoms with E-state index in [1.54, 1.807) is 26.2 Å². The zero-order valence-corrected chi connectivity index (χ0v) is 22.5. The van der Waals surface area contributed by atoms with Gasteiger partial charge >= 0.3 is 0 Å². The molecule has 1 aliphatic rings. The summed E-state index contributed by atoms with van der Waals surface area (Å²) in [5.74, 6) is 2.69. The van der Waals surface area contributed by atoms with Crippen LogP contribution in [0.25, 0.3) is 0 Å². The van der Waals surface area contributed by atoms with Gasteiger partial charge in [-0.05, 0) is 54.8 Å². The zero-order valence-electron chi connectivity index (χ0n) is 22.5. The van der Waals surface area contributed by atoms with Crippen molar-refractivity contribution in [2.24, 2.45) is 0 Å². The number of methoxy groups -OCH3 is 1. The molecule has 2 heterocycles. The number of imidazole rings is 1. The van der Waals surface area contributed by atoms with Crippen LogP contribution in [0.3, 0.4) is 0 Å². The lowest BCUT2D eigenvalue weighted by Gasteiger charge is -2.30. The molecule has 0 saturated carbocycles. The van der Waals surface area contributed by atoms with Gasteiger partial charge in [0.05, 0.1) is 26.9 Å². The van der Waals surface area contributed by atoms with Gasteiger partial charge < -0.3 is 28.6 Å². The van der Waals surface area contributed by atoms with Gasteiger partial charge in [0.15, 0.2) is 11.5 Å². The second-order valence-corrected chi connectivity index (χ2v) is 9.76. The van der Waals surface area contributed by atoms with E-state index in [9.17, 15) is 9.50 Å². The number of benzene rings is 2. The van der Waals surface area contributed by atoms with E-state index in [4.69, 9.17) is 18.9 Å². The van der Waals surface area contributed by atoms with Gasteiger partial charge in [-0.3, -0.25) is 4.90 Å². The summed E-state index contributed by atoms with van der Waals surface area (Å²) < 4.78 is 38.8. The Hall–Kier alpha value is -3.14. The smallest absolute Gasteiger partial charge is 0.161 e. The third-order valence-electron chi connectivity index (χ3n) is 6.63. The van der Waals surface area contributed by atoms with E-state index in [2.05, 4.69) is 21.4 Å². The zero-order chi connectivity index (χ0) is 27.0. The van der Waals surface area contributed by atoms with Crippen molar-refractivity contribution in [2.75, 3.05) is 46.6 Å². The molecule has 206 valence electrons. The van der Waals surface area contributed by atoms with E-state index in [1.807, 2.05) is 30.6 Å². The molecule has 0 spiro atoms. The van der Waals surface area contributed by atoms with Gasteiger partial charge in [0.2, 0.25) is 0 Å². The Kier molecular flexibility index (Phi) is 9.60. The lowest BCUT2D eigenvalue weighted by Crippen LogP contribution is -2.48. The summed E-state index contributed by atoms with van der Waals surface area (Å²) in [5.41, 5.74) is 0.344. The van der Waals surface area contributed by atoms with Gasteiger partial charge in [-0.2, -0.15) is 0 Å². The van der Waals surface area contributed by atoms with Crippen LogP contribution in [0.4, 0.5) is 4.39 Å². The van der Waals surface area contributed by atoms with Gasteiger partial charge in [-0.15, -0.1) is 0 Å². The number of aryl methyl sites for hydroxylation is 3. The highest BCUT2D eigenvalue weighted by Gasteiger charge is 2.33. The highest BCUT2D eigenvalue weighted by Crippen LogP contribution is 2.29. The van der Waals surface area contributed by atoms with Gasteiger partial charge in [-0.1, -0.05) is 13.0 Å². The molecule has 1 fully saturated rings. The largest absolute Gasteiger partial charge is 0.493 e. The van der Waals surface area contributed by atoms with Crippen LogP contribution in [-0.4, -0.2) is 71.8 Å². The summed E-state index contributed by atoms with van der Waals surface area (Å²) in [5, 5.41) is 11.2. The van der Waals surface area contributed by atoms with E-state index in [-0.39, 0.29) is 19.0 Å². The SMILES string of the molecule is CCc1nccn1CCCOc1ccc(CN2CCOCC(O)(COc3ccc(F)c(C)c3)C2)cc1OC. The van der Waals surface area contributed by atoms with Crippen LogP contribution >= 0.6 is 0 Å². The van der Waals surface area contributed by atoms with Gasteiger partial charge in [0.25, 0.3) is 0 Å². The van der Waals surface area contributed by atoms with Gasteiger partial charge in [-0.25, -0.2) is 9.37 Å². The second-order valence-electron chi connectivity index (χ2n) is 9.76. The average Bonchev–Trinajstić information content (AvgIpc) is 3.29. The molecule has 38 heavy (non-hydrogen) atoms. The number of hydrogen-bond donors (Lipinski definition) is 1. The molecule has 1 saturated heterocycles. The van der Waals surface area contributed by atoms with E-state index >= 15 is 0 Å². The van der Waals surface area contributed by atoms with Crippen molar-refractivity contribution in [3.05, 3.63) is 71.6 Å². The molecule has 3 aromatic rings. The summed E-state index contributed by atoms with van der Waals surface area (Å²) in [6.45, 7) is 7.59. The number of nitrogens with zero attached hydrogens (tertiary/aromatic N) is 3. The fourth-order valence-corrected chi connectivity index (χ4v) is 4.61. The van der Waals surface area contributed by atoms with Crippen molar-refractivity contribution < 1.29 is 28.4 Å². The molecule has 0 aliphatic carbocycles. The highest BCUT2D eigenvalue weighted by molar-refractivity contribution is 5.43. The summed E-state index contributed by atoms with van der Waals surface area (Å²) in [7, 11) is 1.64. The second kappa shape index (κ2) is 13.1. The molecular weight excluding hydrogens is 489 g/mol. The molecule has 8 nitrogen and oxygen atoms in total. The minimum atomic E-state index is -1.20. The number of rotatable bonds is 12. The van der Waals surface area contributed by atoms with Gasteiger partial charge in [0.1, 0.15) is 29.6 Å². The van der Waals surface area contributed by atoms with E-state index in [0.29, 0.717) is 55.7 Å². The third-order valence-corrected chi connectivity index (χ3v) is 6.63. The number of aromatic nitrogens is 2. The molecule has 1 N–H and O–H groups in total. The fourth-order valence-electron chi connectivity index (χ4n) is 4.61. The summed E-state index contributed by atoms with van der Waals surface area (Å²) in [4.78, 5) is 6.49. The van der Waals surface area contributed by atoms with Crippen molar-refractivity contribution in [1.82, 2.24) is 14.5 Å². The lowest BCUT2D eigenvalue weighted by atomic mass is 10.1. The Labute approximate surface area is 223 Å². The quantitative estimate of drug-likeness (QED) is 0.357. The Bertz CT molecular complexity index is 1190. The van der Waals surface area contributed by atoms with Crippen molar-refractivity contribution >= 4 is 0 Å². The molecule has 0 radical (unpaired) electrons. The molecule has 1 aliphatic heterocycles. The van der Waals surface area contributed by atoms with Crippen molar-refractivity contribution in [2.45, 2.75) is 45.4 Å². The first kappa shape index (κ1) is 27.9. The maximum Gasteiger partial charge on any atom is 0.161 e. The van der Waals surface area contributed by atoms with Crippen LogP contribution in [0.2, 0.25) is 0 Å².